The zero-order valence-corrected chi connectivity index (χ0v) is 14.6. The van der Waals surface area contributed by atoms with Crippen LogP contribution in [-0.4, -0.2) is 37.3 Å². The highest BCUT2D eigenvalue weighted by Gasteiger charge is 2.30. The lowest BCUT2D eigenvalue weighted by molar-refractivity contribution is -0.933. The number of quaternary nitrogens is 1. The second kappa shape index (κ2) is 9.32. The second-order valence-corrected chi connectivity index (χ2v) is 6.79. The van der Waals surface area contributed by atoms with Crippen LogP contribution in [0.15, 0.2) is 30.3 Å². The van der Waals surface area contributed by atoms with Crippen LogP contribution in [0.3, 0.4) is 0 Å². The summed E-state index contributed by atoms with van der Waals surface area (Å²) in [5.41, 5.74) is 1.34. The van der Waals surface area contributed by atoms with Gasteiger partial charge in [0.25, 0.3) is 0 Å². The Kier molecular flexibility index (Phi) is 7.41. The molecular weight excluding hydrogens is 270 g/mol. The number of ether oxygens (including phenoxy) is 1. The summed E-state index contributed by atoms with van der Waals surface area (Å²) in [5.74, 6) is 0. The highest BCUT2D eigenvalue weighted by atomic mass is 16.5. The van der Waals surface area contributed by atoms with Gasteiger partial charge in [-0.15, -0.1) is 0 Å². The van der Waals surface area contributed by atoms with Crippen molar-refractivity contribution >= 4 is 0 Å². The minimum absolute atomic E-state index is 0.268. The zero-order valence-electron chi connectivity index (χ0n) is 14.6. The van der Waals surface area contributed by atoms with Crippen LogP contribution in [0.4, 0.5) is 0 Å². The second-order valence-electron chi connectivity index (χ2n) is 6.79. The number of unbranched alkanes of at least 4 members (excludes halogenated alkanes) is 1. The van der Waals surface area contributed by atoms with Gasteiger partial charge in [0.15, 0.2) is 0 Å². The van der Waals surface area contributed by atoms with Crippen molar-refractivity contribution in [3.8, 4) is 0 Å². The van der Waals surface area contributed by atoms with Crippen LogP contribution in [0.1, 0.15) is 64.0 Å². The van der Waals surface area contributed by atoms with E-state index in [-0.39, 0.29) is 6.10 Å². The third kappa shape index (κ3) is 5.10. The van der Waals surface area contributed by atoms with Crippen molar-refractivity contribution < 1.29 is 9.22 Å². The van der Waals surface area contributed by atoms with Gasteiger partial charge in [0.05, 0.1) is 32.3 Å². The molecule has 1 fully saturated rings. The van der Waals surface area contributed by atoms with Gasteiger partial charge in [0.2, 0.25) is 0 Å². The Morgan fingerprint density at radius 1 is 1.00 bits per heavy atom. The molecule has 1 unspecified atom stereocenters. The van der Waals surface area contributed by atoms with E-state index < -0.39 is 0 Å². The fraction of sp³-hybridized carbons (Fsp3) is 0.700. The predicted molar refractivity (Wildman–Crippen MR) is 93.9 cm³/mol. The van der Waals surface area contributed by atoms with Gasteiger partial charge >= 0.3 is 0 Å². The molecule has 1 aromatic rings. The van der Waals surface area contributed by atoms with Gasteiger partial charge in [-0.2, -0.15) is 0 Å². The number of rotatable bonds is 9. The summed E-state index contributed by atoms with van der Waals surface area (Å²) in [5, 5.41) is 0. The molecule has 0 radical (unpaired) electrons. The molecular formula is C20H34NO+. The predicted octanol–water partition coefficient (Wildman–Crippen LogP) is 4.96. The first-order chi connectivity index (χ1) is 10.8. The monoisotopic (exact) mass is 304 g/mol. The van der Waals surface area contributed by atoms with Gasteiger partial charge in [-0.25, -0.2) is 0 Å². The topological polar surface area (TPSA) is 9.23 Å². The van der Waals surface area contributed by atoms with E-state index in [1.165, 1.54) is 68.3 Å². The Labute approximate surface area is 137 Å². The maximum atomic E-state index is 6.06. The van der Waals surface area contributed by atoms with Crippen LogP contribution in [0.2, 0.25) is 0 Å². The molecule has 1 aliphatic heterocycles. The molecule has 0 N–H and O–H groups in total. The summed E-state index contributed by atoms with van der Waals surface area (Å²) in [7, 11) is 0. The molecule has 1 atom stereocenters. The molecule has 2 nitrogen and oxygen atoms in total. The van der Waals surface area contributed by atoms with Crippen molar-refractivity contribution in [2.75, 3.05) is 32.8 Å². The molecule has 1 aromatic carbocycles. The molecule has 2 heteroatoms. The largest absolute Gasteiger partial charge is 0.374 e. The van der Waals surface area contributed by atoms with E-state index in [1.807, 2.05) is 0 Å². The van der Waals surface area contributed by atoms with E-state index in [1.54, 1.807) is 0 Å². The lowest BCUT2D eigenvalue weighted by Crippen LogP contribution is -2.52. The molecule has 0 aliphatic carbocycles. The van der Waals surface area contributed by atoms with Crippen LogP contribution in [-0.2, 0) is 4.74 Å². The summed E-state index contributed by atoms with van der Waals surface area (Å²) in [6.07, 6.45) is 8.35. The molecule has 1 saturated heterocycles. The summed E-state index contributed by atoms with van der Waals surface area (Å²) in [6.45, 7) is 10.6. The minimum atomic E-state index is 0.268. The zero-order chi connectivity index (χ0) is 15.7. The Hall–Kier alpha value is -0.860. The molecule has 0 bridgehead atoms. The van der Waals surface area contributed by atoms with Crippen LogP contribution in [0.5, 0.6) is 0 Å². The van der Waals surface area contributed by atoms with E-state index in [0.29, 0.717) is 0 Å². The molecule has 1 aliphatic rings. The van der Waals surface area contributed by atoms with Crippen LogP contribution in [0.25, 0.3) is 0 Å². The Balaban J connectivity index is 1.98. The number of hydrogen-bond acceptors (Lipinski definition) is 1. The van der Waals surface area contributed by atoms with Gasteiger partial charge in [-0.3, -0.25) is 0 Å². The minimum Gasteiger partial charge on any atom is -0.374 e. The van der Waals surface area contributed by atoms with Crippen molar-refractivity contribution in [1.82, 2.24) is 0 Å². The first-order valence-corrected chi connectivity index (χ1v) is 9.31. The molecule has 2 rings (SSSR count). The standard InChI is InChI=1S/C20H34NO/c1-3-5-15-21(16-10-7-11-17-21)18-14-20(22-4-2)19-12-8-6-9-13-19/h6,8-9,12-13,20H,3-5,7,10-11,14-18H2,1-2H3/q+1. The molecule has 0 aromatic heterocycles. The van der Waals surface area contributed by atoms with E-state index in [4.69, 9.17) is 4.74 Å². The molecule has 0 amide bonds. The molecule has 1 heterocycles. The van der Waals surface area contributed by atoms with Crippen molar-refractivity contribution in [2.45, 2.75) is 58.5 Å². The molecule has 0 spiro atoms. The van der Waals surface area contributed by atoms with Crippen molar-refractivity contribution in [3.63, 3.8) is 0 Å². The molecule has 22 heavy (non-hydrogen) atoms. The maximum Gasteiger partial charge on any atom is 0.0878 e. The summed E-state index contributed by atoms with van der Waals surface area (Å²) in [4.78, 5) is 0. The molecule has 124 valence electrons. The number of piperidine rings is 1. The first kappa shape index (κ1) is 17.5. The van der Waals surface area contributed by atoms with E-state index in [9.17, 15) is 0 Å². The fourth-order valence-corrected chi connectivity index (χ4v) is 3.84. The first-order valence-electron chi connectivity index (χ1n) is 9.31. The smallest absolute Gasteiger partial charge is 0.0878 e. The third-order valence-electron chi connectivity index (χ3n) is 5.16. The fourth-order valence-electron chi connectivity index (χ4n) is 3.84. The number of benzene rings is 1. The van der Waals surface area contributed by atoms with E-state index >= 15 is 0 Å². The lowest BCUT2D eigenvalue weighted by atomic mass is 10.0. The summed E-state index contributed by atoms with van der Waals surface area (Å²) >= 11 is 0. The third-order valence-corrected chi connectivity index (χ3v) is 5.16. The van der Waals surface area contributed by atoms with Crippen LogP contribution < -0.4 is 0 Å². The SMILES string of the molecule is CCCC[N+]1(CCC(OCC)c2ccccc2)CCCCC1. The lowest BCUT2D eigenvalue weighted by Gasteiger charge is -2.42. The van der Waals surface area contributed by atoms with Crippen molar-refractivity contribution in [3.05, 3.63) is 35.9 Å². The van der Waals surface area contributed by atoms with Crippen LogP contribution >= 0.6 is 0 Å². The van der Waals surface area contributed by atoms with Crippen molar-refractivity contribution in [2.24, 2.45) is 0 Å². The van der Waals surface area contributed by atoms with Crippen molar-refractivity contribution in [1.29, 1.82) is 0 Å². The average Bonchev–Trinajstić information content (AvgIpc) is 2.58. The van der Waals surface area contributed by atoms with Gasteiger partial charge in [0, 0.05) is 13.0 Å². The van der Waals surface area contributed by atoms with Gasteiger partial charge in [0.1, 0.15) is 0 Å². The highest BCUT2D eigenvalue weighted by molar-refractivity contribution is 5.17. The van der Waals surface area contributed by atoms with E-state index in [0.717, 1.165) is 13.0 Å². The Morgan fingerprint density at radius 3 is 2.36 bits per heavy atom. The Morgan fingerprint density at radius 2 is 1.73 bits per heavy atom. The normalized spacial score (nSPS) is 19.0. The van der Waals surface area contributed by atoms with Gasteiger partial charge in [-0.05, 0) is 38.2 Å². The van der Waals surface area contributed by atoms with Gasteiger partial charge < -0.3 is 9.22 Å². The Bertz CT molecular complexity index is 397. The number of nitrogens with zero attached hydrogens (tertiary/aromatic N) is 1. The van der Waals surface area contributed by atoms with E-state index in [2.05, 4.69) is 44.2 Å². The highest BCUT2D eigenvalue weighted by Crippen LogP contribution is 2.26. The maximum absolute atomic E-state index is 6.06. The molecule has 0 saturated carbocycles. The summed E-state index contributed by atoms with van der Waals surface area (Å²) < 4.78 is 7.40. The van der Waals surface area contributed by atoms with Gasteiger partial charge in [-0.1, -0.05) is 43.7 Å². The quantitative estimate of drug-likeness (QED) is 0.586. The number of hydrogen-bond donors (Lipinski definition) is 0. The number of likely N-dealkylation sites (tertiary alicyclic amines) is 1. The average molecular weight is 304 g/mol. The van der Waals surface area contributed by atoms with Crippen LogP contribution in [0, 0.1) is 0 Å². The summed E-state index contributed by atoms with van der Waals surface area (Å²) in [6, 6.07) is 10.8.